The van der Waals surface area contributed by atoms with Crippen molar-refractivity contribution < 1.29 is 0 Å². The Labute approximate surface area is 77.2 Å². The van der Waals surface area contributed by atoms with Crippen LogP contribution in [0.5, 0.6) is 0 Å². The summed E-state index contributed by atoms with van der Waals surface area (Å²) in [6, 6.07) is 1.04. The highest BCUT2D eigenvalue weighted by molar-refractivity contribution is 4.83. The Balaban J connectivity index is 3.57. The summed E-state index contributed by atoms with van der Waals surface area (Å²) in [5.41, 5.74) is 0. The molecule has 0 aliphatic carbocycles. The maximum absolute atomic E-state index is 3.75. The van der Waals surface area contributed by atoms with Gasteiger partial charge in [-0.15, -0.1) is 6.58 Å². The second kappa shape index (κ2) is 6.24. The summed E-state index contributed by atoms with van der Waals surface area (Å²) in [4.78, 5) is 0. The second-order valence-corrected chi connectivity index (χ2v) is 3.84. The molecule has 3 unspecified atom stereocenters. The minimum atomic E-state index is 0.434. The fourth-order valence-electron chi connectivity index (χ4n) is 1.36. The SMILES string of the molecule is C=CC(C)NC(C)CC(C)CC. The van der Waals surface area contributed by atoms with Gasteiger partial charge in [0.1, 0.15) is 0 Å². The van der Waals surface area contributed by atoms with Crippen LogP contribution in [0.15, 0.2) is 12.7 Å². The molecule has 0 saturated carbocycles. The Morgan fingerprint density at radius 1 is 1.33 bits per heavy atom. The van der Waals surface area contributed by atoms with Crippen LogP contribution < -0.4 is 5.32 Å². The summed E-state index contributed by atoms with van der Waals surface area (Å²) < 4.78 is 0. The van der Waals surface area contributed by atoms with Gasteiger partial charge in [0, 0.05) is 12.1 Å². The summed E-state index contributed by atoms with van der Waals surface area (Å²) in [5.74, 6) is 0.824. The van der Waals surface area contributed by atoms with Crippen LogP contribution in [0.1, 0.15) is 40.5 Å². The lowest BCUT2D eigenvalue weighted by Crippen LogP contribution is -2.34. The Bertz CT molecular complexity index is 120. The van der Waals surface area contributed by atoms with E-state index in [1.165, 1.54) is 12.8 Å². The zero-order valence-electron chi connectivity index (χ0n) is 8.93. The van der Waals surface area contributed by atoms with Crippen molar-refractivity contribution in [2.45, 2.75) is 52.6 Å². The predicted octanol–water partition coefficient (Wildman–Crippen LogP) is 2.98. The standard InChI is InChI=1S/C11H23N/c1-6-9(3)8-11(5)12-10(4)7-2/h7,9-12H,2,6,8H2,1,3-5H3. The molecule has 0 rings (SSSR count). The maximum atomic E-state index is 3.75. The molecule has 0 aliphatic heterocycles. The summed E-state index contributed by atoms with van der Waals surface area (Å²) in [6.07, 6.45) is 4.48. The molecule has 0 spiro atoms. The van der Waals surface area contributed by atoms with Crippen molar-refractivity contribution in [1.29, 1.82) is 0 Å². The smallest absolute Gasteiger partial charge is 0.0221 e. The molecule has 0 amide bonds. The van der Waals surface area contributed by atoms with Crippen LogP contribution in [-0.4, -0.2) is 12.1 Å². The van der Waals surface area contributed by atoms with E-state index in [2.05, 4.69) is 39.6 Å². The van der Waals surface area contributed by atoms with E-state index >= 15 is 0 Å². The summed E-state index contributed by atoms with van der Waals surface area (Å²) in [6.45, 7) is 12.7. The molecule has 1 heteroatoms. The third-order valence-corrected chi connectivity index (χ3v) is 2.35. The van der Waals surface area contributed by atoms with Crippen LogP contribution >= 0.6 is 0 Å². The van der Waals surface area contributed by atoms with Crippen molar-refractivity contribution in [1.82, 2.24) is 5.32 Å². The summed E-state index contributed by atoms with van der Waals surface area (Å²) >= 11 is 0. The minimum Gasteiger partial charge on any atom is -0.308 e. The van der Waals surface area contributed by atoms with E-state index in [0.717, 1.165) is 5.92 Å². The second-order valence-electron chi connectivity index (χ2n) is 3.84. The van der Waals surface area contributed by atoms with Crippen molar-refractivity contribution in [3.05, 3.63) is 12.7 Å². The van der Waals surface area contributed by atoms with Gasteiger partial charge in [-0.1, -0.05) is 26.3 Å². The van der Waals surface area contributed by atoms with Gasteiger partial charge in [-0.2, -0.15) is 0 Å². The van der Waals surface area contributed by atoms with Gasteiger partial charge in [-0.3, -0.25) is 0 Å². The van der Waals surface area contributed by atoms with Crippen molar-refractivity contribution in [2.75, 3.05) is 0 Å². The third-order valence-electron chi connectivity index (χ3n) is 2.35. The molecule has 0 heterocycles. The quantitative estimate of drug-likeness (QED) is 0.603. The van der Waals surface area contributed by atoms with Crippen molar-refractivity contribution >= 4 is 0 Å². The summed E-state index contributed by atoms with van der Waals surface area (Å²) in [7, 11) is 0. The molecule has 0 aromatic rings. The van der Waals surface area contributed by atoms with Gasteiger partial charge < -0.3 is 5.32 Å². The molecule has 72 valence electrons. The number of nitrogens with one attached hydrogen (secondary N) is 1. The lowest BCUT2D eigenvalue weighted by molar-refractivity contribution is 0.401. The first kappa shape index (κ1) is 11.7. The molecular weight excluding hydrogens is 146 g/mol. The number of hydrogen-bond acceptors (Lipinski definition) is 1. The number of hydrogen-bond donors (Lipinski definition) is 1. The first-order chi connectivity index (χ1) is 5.60. The predicted molar refractivity (Wildman–Crippen MR) is 56.3 cm³/mol. The molecule has 0 aliphatic rings. The van der Waals surface area contributed by atoms with Crippen molar-refractivity contribution in [3.8, 4) is 0 Å². The third kappa shape index (κ3) is 5.36. The number of rotatable bonds is 6. The Morgan fingerprint density at radius 3 is 2.33 bits per heavy atom. The van der Waals surface area contributed by atoms with E-state index in [1.54, 1.807) is 0 Å². The van der Waals surface area contributed by atoms with Crippen LogP contribution in [0.4, 0.5) is 0 Å². The van der Waals surface area contributed by atoms with E-state index < -0.39 is 0 Å². The average Bonchev–Trinajstić information content (AvgIpc) is 2.03. The lowest BCUT2D eigenvalue weighted by atomic mass is 10.00. The molecule has 12 heavy (non-hydrogen) atoms. The monoisotopic (exact) mass is 169 g/mol. The Hall–Kier alpha value is -0.300. The van der Waals surface area contributed by atoms with E-state index in [4.69, 9.17) is 0 Å². The van der Waals surface area contributed by atoms with E-state index in [1.807, 2.05) is 6.08 Å². The Morgan fingerprint density at radius 2 is 1.92 bits per heavy atom. The molecule has 0 radical (unpaired) electrons. The van der Waals surface area contributed by atoms with Crippen LogP contribution in [0.25, 0.3) is 0 Å². The van der Waals surface area contributed by atoms with E-state index in [0.29, 0.717) is 12.1 Å². The highest BCUT2D eigenvalue weighted by Crippen LogP contribution is 2.09. The van der Waals surface area contributed by atoms with Gasteiger partial charge in [0.05, 0.1) is 0 Å². The molecule has 0 aromatic heterocycles. The fraction of sp³-hybridized carbons (Fsp3) is 0.818. The normalized spacial score (nSPS) is 18.3. The van der Waals surface area contributed by atoms with Gasteiger partial charge >= 0.3 is 0 Å². The van der Waals surface area contributed by atoms with Crippen LogP contribution in [0.3, 0.4) is 0 Å². The molecule has 3 atom stereocenters. The van der Waals surface area contributed by atoms with Gasteiger partial charge in [0.25, 0.3) is 0 Å². The first-order valence-electron chi connectivity index (χ1n) is 4.98. The van der Waals surface area contributed by atoms with Gasteiger partial charge in [-0.25, -0.2) is 0 Å². The lowest BCUT2D eigenvalue weighted by Gasteiger charge is -2.20. The van der Waals surface area contributed by atoms with Gasteiger partial charge in [0.15, 0.2) is 0 Å². The molecule has 0 bridgehead atoms. The highest BCUT2D eigenvalue weighted by atomic mass is 14.9. The van der Waals surface area contributed by atoms with Gasteiger partial charge in [-0.05, 0) is 26.2 Å². The van der Waals surface area contributed by atoms with Crippen LogP contribution in [-0.2, 0) is 0 Å². The topological polar surface area (TPSA) is 12.0 Å². The molecule has 0 saturated heterocycles. The minimum absolute atomic E-state index is 0.434. The maximum Gasteiger partial charge on any atom is 0.0221 e. The van der Waals surface area contributed by atoms with Gasteiger partial charge in [0.2, 0.25) is 0 Å². The Kier molecular flexibility index (Phi) is 6.09. The highest BCUT2D eigenvalue weighted by Gasteiger charge is 2.07. The van der Waals surface area contributed by atoms with Crippen molar-refractivity contribution in [3.63, 3.8) is 0 Å². The zero-order valence-corrected chi connectivity index (χ0v) is 8.93. The molecule has 1 nitrogen and oxygen atoms in total. The molecular formula is C11H23N. The molecule has 1 N–H and O–H groups in total. The fourth-order valence-corrected chi connectivity index (χ4v) is 1.36. The largest absolute Gasteiger partial charge is 0.308 e. The van der Waals surface area contributed by atoms with E-state index in [-0.39, 0.29) is 0 Å². The molecule has 0 aromatic carbocycles. The van der Waals surface area contributed by atoms with E-state index in [9.17, 15) is 0 Å². The summed E-state index contributed by atoms with van der Waals surface area (Å²) in [5, 5.41) is 3.48. The molecule has 0 fully saturated rings. The van der Waals surface area contributed by atoms with Crippen LogP contribution in [0, 0.1) is 5.92 Å². The van der Waals surface area contributed by atoms with Crippen LogP contribution in [0.2, 0.25) is 0 Å². The zero-order chi connectivity index (χ0) is 9.56. The first-order valence-corrected chi connectivity index (χ1v) is 4.98. The van der Waals surface area contributed by atoms with Crippen molar-refractivity contribution in [2.24, 2.45) is 5.92 Å². The average molecular weight is 169 g/mol.